The van der Waals surface area contributed by atoms with Crippen LogP contribution in [-0.2, 0) is 14.3 Å². The highest BCUT2D eigenvalue weighted by Crippen LogP contribution is 1.98. The lowest BCUT2D eigenvalue weighted by Crippen LogP contribution is -2.42. The van der Waals surface area contributed by atoms with Crippen molar-refractivity contribution < 1.29 is 24.2 Å². The van der Waals surface area contributed by atoms with E-state index >= 15 is 0 Å². The fourth-order valence-electron chi connectivity index (χ4n) is 0.891. The lowest BCUT2D eigenvalue weighted by Gasteiger charge is -2.12. The molecule has 6 heteroatoms. The first-order valence-corrected chi connectivity index (χ1v) is 4.80. The predicted octanol–water partition coefficient (Wildman–Crippen LogP) is 0.721. The Balaban J connectivity index is 4.22. The Morgan fingerprint density at radius 3 is 2.56 bits per heavy atom. The summed E-state index contributed by atoms with van der Waals surface area (Å²) in [5.74, 6) is -1.51. The molecule has 2 N–H and O–H groups in total. The fraction of sp³-hybridized carbons (Fsp3) is 0.500. The highest BCUT2D eigenvalue weighted by molar-refractivity contribution is 5.87. The molecule has 1 atom stereocenters. The van der Waals surface area contributed by atoms with Crippen molar-refractivity contribution in [1.29, 1.82) is 0 Å². The molecule has 0 radical (unpaired) electrons. The number of rotatable bonds is 7. The summed E-state index contributed by atoms with van der Waals surface area (Å²) >= 11 is 0. The van der Waals surface area contributed by atoms with E-state index in [-0.39, 0.29) is 25.2 Å². The number of amides is 1. The number of carbonyl (C=O) groups excluding carboxylic acids is 2. The molecule has 0 aliphatic carbocycles. The van der Waals surface area contributed by atoms with Crippen LogP contribution in [0.25, 0.3) is 0 Å². The van der Waals surface area contributed by atoms with E-state index in [4.69, 9.17) is 5.11 Å². The van der Waals surface area contributed by atoms with Gasteiger partial charge in [0.2, 0.25) is 0 Å². The van der Waals surface area contributed by atoms with Crippen LogP contribution in [0.1, 0.15) is 19.8 Å². The molecular formula is C10H15NO5. The zero-order valence-corrected chi connectivity index (χ0v) is 9.06. The number of ether oxygens (including phenoxy) is 1. The number of carboxylic acid groups (broad SMARTS) is 1. The molecule has 0 saturated heterocycles. The largest absolute Gasteiger partial charge is 0.480 e. The van der Waals surface area contributed by atoms with Crippen molar-refractivity contribution in [3.8, 4) is 0 Å². The monoisotopic (exact) mass is 229 g/mol. The molecule has 0 aromatic rings. The molecule has 1 unspecified atom stereocenters. The third kappa shape index (κ3) is 5.79. The number of hydrogen-bond donors (Lipinski definition) is 2. The van der Waals surface area contributed by atoms with Crippen LogP contribution in [-0.4, -0.2) is 35.6 Å². The molecule has 16 heavy (non-hydrogen) atoms. The Morgan fingerprint density at radius 2 is 2.12 bits per heavy atom. The van der Waals surface area contributed by atoms with Crippen LogP contribution in [0.2, 0.25) is 0 Å². The van der Waals surface area contributed by atoms with Crippen LogP contribution < -0.4 is 5.32 Å². The first kappa shape index (κ1) is 14.2. The second-order valence-corrected chi connectivity index (χ2v) is 3.02. The average molecular weight is 229 g/mol. The van der Waals surface area contributed by atoms with Gasteiger partial charge in [-0.3, -0.25) is 4.79 Å². The third-order valence-corrected chi connectivity index (χ3v) is 1.75. The molecule has 0 bridgehead atoms. The molecule has 0 saturated carbocycles. The molecule has 0 fully saturated rings. The summed E-state index contributed by atoms with van der Waals surface area (Å²) < 4.78 is 4.54. The number of Topliss-reactive ketones (excluding diaryl/α,β-unsaturated/α-hetero) is 1. The van der Waals surface area contributed by atoms with Crippen molar-refractivity contribution in [2.24, 2.45) is 0 Å². The van der Waals surface area contributed by atoms with Gasteiger partial charge in [-0.25, -0.2) is 9.59 Å². The summed E-state index contributed by atoms with van der Waals surface area (Å²) in [6, 6.07) is -1.25. The number of alkyl carbamates (subject to hydrolysis) is 1. The quantitative estimate of drug-likeness (QED) is 0.627. The molecule has 90 valence electrons. The standard InChI is InChI=1S/C10H15NO5/c1-3-5-16-10(15)11-8(9(13)14)6-7(12)4-2/h3,8H,1,4-6H2,2H3,(H,11,15)(H,13,14). The first-order chi connectivity index (χ1) is 7.51. The molecule has 0 aliphatic heterocycles. The van der Waals surface area contributed by atoms with Gasteiger partial charge in [0.1, 0.15) is 18.4 Å². The summed E-state index contributed by atoms with van der Waals surface area (Å²) in [7, 11) is 0. The SMILES string of the molecule is C=CCOC(=O)NC(CC(=O)CC)C(=O)O. The predicted molar refractivity (Wildman–Crippen MR) is 56.0 cm³/mol. The van der Waals surface area contributed by atoms with Crippen molar-refractivity contribution in [2.75, 3.05) is 6.61 Å². The van der Waals surface area contributed by atoms with Crippen molar-refractivity contribution >= 4 is 17.8 Å². The van der Waals surface area contributed by atoms with E-state index < -0.39 is 18.1 Å². The van der Waals surface area contributed by atoms with Crippen molar-refractivity contribution in [3.05, 3.63) is 12.7 Å². The van der Waals surface area contributed by atoms with E-state index in [1.807, 2.05) is 0 Å². The zero-order chi connectivity index (χ0) is 12.6. The van der Waals surface area contributed by atoms with Gasteiger partial charge >= 0.3 is 12.1 Å². The van der Waals surface area contributed by atoms with Gasteiger partial charge < -0.3 is 15.2 Å². The van der Waals surface area contributed by atoms with Crippen molar-refractivity contribution in [1.82, 2.24) is 5.32 Å². The summed E-state index contributed by atoms with van der Waals surface area (Å²) in [6.45, 7) is 4.94. The van der Waals surface area contributed by atoms with E-state index in [0.29, 0.717) is 0 Å². The Kier molecular flexibility index (Phi) is 6.58. The van der Waals surface area contributed by atoms with Gasteiger partial charge in [0.25, 0.3) is 0 Å². The molecule has 6 nitrogen and oxygen atoms in total. The summed E-state index contributed by atoms with van der Waals surface area (Å²) in [6.07, 6.45) is 0.463. The average Bonchev–Trinajstić information content (AvgIpc) is 2.24. The molecule has 0 spiro atoms. The fourth-order valence-corrected chi connectivity index (χ4v) is 0.891. The first-order valence-electron chi connectivity index (χ1n) is 4.80. The van der Waals surface area contributed by atoms with Crippen LogP contribution in [0.15, 0.2) is 12.7 Å². The smallest absolute Gasteiger partial charge is 0.408 e. The number of aliphatic carboxylic acids is 1. The topological polar surface area (TPSA) is 92.7 Å². The Labute approximate surface area is 93.3 Å². The van der Waals surface area contributed by atoms with Crippen LogP contribution in [0.3, 0.4) is 0 Å². The van der Waals surface area contributed by atoms with E-state index in [1.165, 1.54) is 6.08 Å². The van der Waals surface area contributed by atoms with E-state index in [2.05, 4.69) is 16.6 Å². The number of ketones is 1. The van der Waals surface area contributed by atoms with Gasteiger partial charge in [-0.2, -0.15) is 0 Å². The van der Waals surface area contributed by atoms with Gasteiger partial charge in [0.15, 0.2) is 0 Å². The minimum Gasteiger partial charge on any atom is -0.480 e. The maximum absolute atomic E-state index is 11.1. The molecule has 0 heterocycles. The zero-order valence-electron chi connectivity index (χ0n) is 9.06. The summed E-state index contributed by atoms with van der Waals surface area (Å²) in [5.41, 5.74) is 0. The van der Waals surface area contributed by atoms with Crippen LogP contribution in [0.4, 0.5) is 4.79 Å². The molecule has 0 aromatic heterocycles. The second-order valence-electron chi connectivity index (χ2n) is 3.02. The molecule has 0 rings (SSSR count). The van der Waals surface area contributed by atoms with Crippen molar-refractivity contribution in [2.45, 2.75) is 25.8 Å². The number of hydrogen-bond acceptors (Lipinski definition) is 4. The van der Waals surface area contributed by atoms with Crippen molar-refractivity contribution in [3.63, 3.8) is 0 Å². The van der Waals surface area contributed by atoms with Gasteiger partial charge in [-0.05, 0) is 0 Å². The minimum atomic E-state index is -1.27. The van der Waals surface area contributed by atoms with Gasteiger partial charge in [0, 0.05) is 12.8 Å². The van der Waals surface area contributed by atoms with E-state index in [9.17, 15) is 14.4 Å². The Morgan fingerprint density at radius 1 is 1.50 bits per heavy atom. The highest BCUT2D eigenvalue weighted by Gasteiger charge is 2.22. The maximum Gasteiger partial charge on any atom is 0.408 e. The minimum absolute atomic E-state index is 0.0140. The summed E-state index contributed by atoms with van der Waals surface area (Å²) in [5, 5.41) is 10.8. The lowest BCUT2D eigenvalue weighted by molar-refractivity contribution is -0.141. The third-order valence-electron chi connectivity index (χ3n) is 1.75. The van der Waals surface area contributed by atoms with E-state index in [0.717, 1.165) is 0 Å². The Hall–Kier alpha value is -1.85. The van der Waals surface area contributed by atoms with Gasteiger partial charge in [0.05, 0.1) is 0 Å². The van der Waals surface area contributed by atoms with Crippen LogP contribution in [0, 0.1) is 0 Å². The Bertz CT molecular complexity index is 287. The second kappa shape index (κ2) is 7.44. The summed E-state index contributed by atoms with van der Waals surface area (Å²) in [4.78, 5) is 32.8. The molecule has 0 aromatic carbocycles. The van der Waals surface area contributed by atoms with E-state index in [1.54, 1.807) is 6.92 Å². The number of nitrogens with one attached hydrogen (secondary N) is 1. The van der Waals surface area contributed by atoms with Gasteiger partial charge in [-0.15, -0.1) is 0 Å². The number of carboxylic acids is 1. The highest BCUT2D eigenvalue weighted by atomic mass is 16.5. The molecular weight excluding hydrogens is 214 g/mol. The van der Waals surface area contributed by atoms with Gasteiger partial charge in [-0.1, -0.05) is 19.6 Å². The molecule has 1 amide bonds. The van der Waals surface area contributed by atoms with Crippen LogP contribution >= 0.6 is 0 Å². The molecule has 0 aliphatic rings. The lowest BCUT2D eigenvalue weighted by atomic mass is 10.1. The number of carbonyl (C=O) groups is 3. The maximum atomic E-state index is 11.1. The van der Waals surface area contributed by atoms with Crippen LogP contribution in [0.5, 0.6) is 0 Å². The normalized spacial score (nSPS) is 11.3.